The minimum atomic E-state index is -4.33. The maximum Gasteiger partial charge on any atom is 0.416 e. The lowest BCUT2D eigenvalue weighted by Gasteiger charge is -2.38. The van der Waals surface area contributed by atoms with Gasteiger partial charge in [0.05, 0.1) is 16.9 Å². The van der Waals surface area contributed by atoms with Crippen molar-refractivity contribution in [1.82, 2.24) is 9.80 Å². The number of anilines is 1. The van der Waals surface area contributed by atoms with Crippen LogP contribution in [0.4, 0.5) is 18.9 Å². The molecule has 170 valence electrons. The zero-order chi connectivity index (χ0) is 21.8. The van der Waals surface area contributed by atoms with Crippen LogP contribution in [0.25, 0.3) is 0 Å². The van der Waals surface area contributed by atoms with Crippen LogP contribution in [0.5, 0.6) is 0 Å². The summed E-state index contributed by atoms with van der Waals surface area (Å²) >= 11 is 1.59. The SMILES string of the molecule is NCCCN1CCN(CCCN2C3=CCCC=C3Sc3ccc(C(F)(F)F)cc32)CC1. The number of allylic oxidation sites excluding steroid dienone is 2. The van der Waals surface area contributed by atoms with Crippen LogP contribution in [0.3, 0.4) is 0 Å². The summed E-state index contributed by atoms with van der Waals surface area (Å²) in [5, 5.41) is 0. The number of nitrogens with two attached hydrogens (primary N) is 1. The van der Waals surface area contributed by atoms with Crippen LogP contribution in [0.2, 0.25) is 0 Å². The number of halogens is 3. The molecule has 4 nitrogen and oxygen atoms in total. The number of fused-ring (bicyclic) bond motifs is 2. The van der Waals surface area contributed by atoms with Crippen LogP contribution in [0.15, 0.2) is 45.8 Å². The van der Waals surface area contributed by atoms with E-state index in [1.54, 1.807) is 17.8 Å². The minimum Gasteiger partial charge on any atom is -0.340 e. The second-order valence-electron chi connectivity index (χ2n) is 8.35. The van der Waals surface area contributed by atoms with E-state index in [0.29, 0.717) is 5.69 Å². The van der Waals surface area contributed by atoms with Gasteiger partial charge in [0.25, 0.3) is 0 Å². The van der Waals surface area contributed by atoms with Gasteiger partial charge in [-0.15, -0.1) is 0 Å². The lowest BCUT2D eigenvalue weighted by molar-refractivity contribution is -0.137. The van der Waals surface area contributed by atoms with Gasteiger partial charge in [-0.1, -0.05) is 23.9 Å². The number of hydrogen-bond acceptors (Lipinski definition) is 5. The number of nitrogens with zero attached hydrogens (tertiary/aromatic N) is 3. The van der Waals surface area contributed by atoms with Crippen LogP contribution < -0.4 is 10.6 Å². The molecule has 1 aromatic carbocycles. The lowest BCUT2D eigenvalue weighted by Crippen LogP contribution is -2.47. The third kappa shape index (κ3) is 5.48. The van der Waals surface area contributed by atoms with E-state index < -0.39 is 11.7 Å². The molecule has 0 bridgehead atoms. The molecule has 0 spiro atoms. The average Bonchev–Trinajstić information content (AvgIpc) is 2.77. The summed E-state index contributed by atoms with van der Waals surface area (Å²) in [6.07, 6.45) is 3.96. The van der Waals surface area contributed by atoms with Gasteiger partial charge in [-0.2, -0.15) is 13.2 Å². The van der Waals surface area contributed by atoms with Crippen LogP contribution in [0.1, 0.15) is 31.2 Å². The van der Waals surface area contributed by atoms with E-state index in [1.807, 2.05) is 0 Å². The molecule has 3 aliphatic rings. The molecule has 0 radical (unpaired) electrons. The summed E-state index contributed by atoms with van der Waals surface area (Å²) in [5.74, 6) is 0. The monoisotopic (exact) mass is 452 g/mol. The molecular formula is C23H31F3N4S. The standard InChI is InChI=1S/C23H31F3N4S/c24-23(25,26)18-7-8-22-20(17-18)30(19-5-1-2-6-21(19)31-22)12-4-11-29-15-13-28(14-16-29)10-3-9-27/h5-8,17H,1-4,9-16,27H2. The summed E-state index contributed by atoms with van der Waals surface area (Å²) in [4.78, 5) is 9.13. The van der Waals surface area contributed by atoms with E-state index in [0.717, 1.165) is 88.6 Å². The van der Waals surface area contributed by atoms with Crippen molar-refractivity contribution >= 4 is 17.4 Å². The molecule has 1 aromatic rings. The van der Waals surface area contributed by atoms with E-state index in [9.17, 15) is 13.2 Å². The maximum absolute atomic E-state index is 13.4. The molecule has 8 heteroatoms. The number of thioether (sulfide) groups is 1. The van der Waals surface area contributed by atoms with Gasteiger partial charge in [0.15, 0.2) is 0 Å². The predicted octanol–water partition coefficient (Wildman–Crippen LogP) is 4.54. The first-order valence-electron chi connectivity index (χ1n) is 11.2. The van der Waals surface area contributed by atoms with Gasteiger partial charge in [-0.05, 0) is 63.5 Å². The fourth-order valence-corrected chi connectivity index (χ4v) is 5.61. The van der Waals surface area contributed by atoms with Gasteiger partial charge in [0.2, 0.25) is 0 Å². The highest BCUT2D eigenvalue weighted by Gasteiger charge is 2.34. The number of piperazine rings is 1. The van der Waals surface area contributed by atoms with E-state index in [4.69, 9.17) is 5.73 Å². The highest BCUT2D eigenvalue weighted by atomic mass is 32.2. The first kappa shape index (κ1) is 22.7. The van der Waals surface area contributed by atoms with Gasteiger partial charge < -0.3 is 20.4 Å². The van der Waals surface area contributed by atoms with Crippen molar-refractivity contribution in [1.29, 1.82) is 0 Å². The summed E-state index contributed by atoms with van der Waals surface area (Å²) in [6.45, 7) is 7.72. The molecule has 2 heterocycles. The Hall–Kier alpha value is -1.48. The van der Waals surface area contributed by atoms with Gasteiger partial charge >= 0.3 is 6.18 Å². The van der Waals surface area contributed by atoms with Crippen molar-refractivity contribution in [3.8, 4) is 0 Å². The molecule has 0 amide bonds. The maximum atomic E-state index is 13.4. The number of alkyl halides is 3. The Morgan fingerprint density at radius 2 is 1.58 bits per heavy atom. The Morgan fingerprint density at radius 3 is 2.26 bits per heavy atom. The van der Waals surface area contributed by atoms with Crippen molar-refractivity contribution in [3.63, 3.8) is 0 Å². The fourth-order valence-electron chi connectivity index (χ4n) is 4.46. The summed E-state index contributed by atoms with van der Waals surface area (Å²) in [6, 6.07) is 4.15. The Kier molecular flexibility index (Phi) is 7.31. The number of benzene rings is 1. The molecule has 0 saturated carbocycles. The predicted molar refractivity (Wildman–Crippen MR) is 121 cm³/mol. The molecule has 31 heavy (non-hydrogen) atoms. The highest BCUT2D eigenvalue weighted by Crippen LogP contribution is 2.49. The second kappa shape index (κ2) is 9.98. The quantitative estimate of drug-likeness (QED) is 0.658. The van der Waals surface area contributed by atoms with Gasteiger partial charge in [0.1, 0.15) is 0 Å². The molecular weight excluding hydrogens is 421 g/mol. The Labute approximate surface area is 186 Å². The third-order valence-electron chi connectivity index (χ3n) is 6.17. The Balaban J connectivity index is 1.42. The average molecular weight is 453 g/mol. The van der Waals surface area contributed by atoms with Crippen molar-refractivity contribution in [3.05, 3.63) is 46.5 Å². The summed E-state index contributed by atoms with van der Waals surface area (Å²) in [5.41, 5.74) is 6.80. The van der Waals surface area contributed by atoms with Crippen LogP contribution >= 0.6 is 11.8 Å². The summed E-state index contributed by atoms with van der Waals surface area (Å²) in [7, 11) is 0. The van der Waals surface area contributed by atoms with Gasteiger partial charge in [0, 0.05) is 42.5 Å². The van der Waals surface area contributed by atoms with Crippen molar-refractivity contribution in [2.24, 2.45) is 5.73 Å². The van der Waals surface area contributed by atoms with Crippen molar-refractivity contribution in [2.75, 3.05) is 57.3 Å². The molecule has 1 aliphatic carbocycles. The Morgan fingerprint density at radius 1 is 0.903 bits per heavy atom. The molecule has 0 unspecified atom stereocenters. The zero-order valence-corrected chi connectivity index (χ0v) is 18.6. The number of rotatable bonds is 7. The minimum absolute atomic E-state index is 0.575. The zero-order valence-electron chi connectivity index (χ0n) is 17.8. The smallest absolute Gasteiger partial charge is 0.340 e. The molecule has 2 aliphatic heterocycles. The van der Waals surface area contributed by atoms with Crippen LogP contribution in [-0.2, 0) is 6.18 Å². The van der Waals surface area contributed by atoms with Crippen LogP contribution in [0, 0.1) is 0 Å². The van der Waals surface area contributed by atoms with Gasteiger partial charge in [-0.3, -0.25) is 0 Å². The first-order valence-corrected chi connectivity index (χ1v) is 12.0. The molecule has 0 atom stereocenters. The van der Waals surface area contributed by atoms with E-state index in [1.165, 1.54) is 17.0 Å². The van der Waals surface area contributed by atoms with Gasteiger partial charge in [-0.25, -0.2) is 0 Å². The second-order valence-corrected chi connectivity index (χ2v) is 9.43. The molecule has 0 aromatic heterocycles. The summed E-state index contributed by atoms with van der Waals surface area (Å²) < 4.78 is 40.1. The van der Waals surface area contributed by atoms with Crippen LogP contribution in [-0.4, -0.2) is 62.2 Å². The lowest BCUT2D eigenvalue weighted by atomic mass is 10.1. The highest BCUT2D eigenvalue weighted by molar-refractivity contribution is 8.03. The first-order chi connectivity index (χ1) is 15.0. The third-order valence-corrected chi connectivity index (χ3v) is 7.33. The Bertz CT molecular complexity index is 829. The largest absolute Gasteiger partial charge is 0.416 e. The molecule has 4 rings (SSSR count). The van der Waals surface area contributed by atoms with E-state index in [2.05, 4.69) is 26.9 Å². The molecule has 2 N–H and O–H groups in total. The fraction of sp³-hybridized carbons (Fsp3) is 0.565. The normalized spacial score (nSPS) is 20.2. The number of hydrogen-bond donors (Lipinski definition) is 1. The molecule has 1 fully saturated rings. The van der Waals surface area contributed by atoms with Crippen molar-refractivity contribution < 1.29 is 13.2 Å². The van der Waals surface area contributed by atoms with E-state index in [-0.39, 0.29) is 0 Å². The van der Waals surface area contributed by atoms with E-state index >= 15 is 0 Å². The topological polar surface area (TPSA) is 35.7 Å². The molecule has 1 saturated heterocycles. The van der Waals surface area contributed by atoms with Crippen molar-refractivity contribution in [2.45, 2.75) is 36.8 Å².